The Labute approximate surface area is 164 Å². The molecule has 0 fully saturated rings. The van der Waals surface area contributed by atoms with Gasteiger partial charge in [0.05, 0.1) is 19.6 Å². The van der Waals surface area contributed by atoms with Crippen molar-refractivity contribution in [3.8, 4) is 11.5 Å². The van der Waals surface area contributed by atoms with E-state index in [-0.39, 0.29) is 0 Å². The molecule has 28 heavy (non-hydrogen) atoms. The third-order valence-electron chi connectivity index (χ3n) is 4.61. The zero-order valence-electron chi connectivity index (χ0n) is 16.9. The Morgan fingerprint density at radius 3 is 2.61 bits per heavy atom. The lowest BCUT2D eigenvalue weighted by Crippen LogP contribution is -2.37. The van der Waals surface area contributed by atoms with Gasteiger partial charge in [-0.1, -0.05) is 12.2 Å². The van der Waals surface area contributed by atoms with Gasteiger partial charge >= 0.3 is 5.97 Å². The van der Waals surface area contributed by atoms with Crippen molar-refractivity contribution in [2.24, 2.45) is 0 Å². The first-order valence-electron chi connectivity index (χ1n) is 9.16. The Balaban J connectivity index is 2.02. The molecule has 1 unspecified atom stereocenters. The van der Waals surface area contributed by atoms with E-state index in [2.05, 4.69) is 22.1 Å². The van der Waals surface area contributed by atoms with E-state index in [9.17, 15) is 4.79 Å². The van der Waals surface area contributed by atoms with Gasteiger partial charge in [-0.05, 0) is 38.8 Å². The number of hydrogen-bond donors (Lipinski definition) is 0. The molecule has 0 radical (unpaired) electrons. The molecule has 7 heteroatoms. The van der Waals surface area contributed by atoms with Crippen LogP contribution in [0.25, 0.3) is 12.2 Å². The zero-order valence-corrected chi connectivity index (χ0v) is 16.9. The first-order chi connectivity index (χ1) is 13.4. The number of fused-ring (bicyclic) bond motifs is 1. The maximum Gasteiger partial charge on any atom is 0.346 e. The van der Waals surface area contributed by atoms with Gasteiger partial charge in [0.2, 0.25) is 0 Å². The van der Waals surface area contributed by atoms with Crippen LogP contribution < -0.4 is 24.9 Å². The van der Waals surface area contributed by atoms with Crippen molar-refractivity contribution in [1.29, 1.82) is 0 Å². The molecule has 1 heterocycles. The van der Waals surface area contributed by atoms with E-state index in [1.807, 2.05) is 37.1 Å². The largest absolute Gasteiger partial charge is 0.493 e. The molecule has 0 saturated heterocycles. The minimum absolute atomic E-state index is 0.452. The van der Waals surface area contributed by atoms with Crippen LogP contribution in [0.2, 0.25) is 0 Å². The number of nitrogens with zero attached hydrogens (tertiary/aromatic N) is 3. The van der Waals surface area contributed by atoms with Gasteiger partial charge in [0.25, 0.3) is 0 Å². The lowest BCUT2D eigenvalue weighted by atomic mass is 10.1. The van der Waals surface area contributed by atoms with Crippen molar-refractivity contribution in [2.75, 3.05) is 26.2 Å². The fourth-order valence-electron chi connectivity index (χ4n) is 3.14. The SMILES string of the molecule is COC(=O)C(C)Oc1cc(N(C)c2nc(C)nc3c2=CCCC=3)ccc1OC. The molecule has 148 valence electrons. The van der Waals surface area contributed by atoms with Gasteiger partial charge in [0.1, 0.15) is 11.6 Å². The minimum atomic E-state index is -0.753. The summed E-state index contributed by atoms with van der Waals surface area (Å²) in [6.07, 6.45) is 5.51. The highest BCUT2D eigenvalue weighted by molar-refractivity contribution is 5.75. The van der Waals surface area contributed by atoms with E-state index in [4.69, 9.17) is 14.2 Å². The molecule has 1 aliphatic carbocycles. The lowest BCUT2D eigenvalue weighted by Gasteiger charge is -2.22. The molecule has 0 N–H and O–H groups in total. The summed E-state index contributed by atoms with van der Waals surface area (Å²) in [5.74, 6) is 2.09. The van der Waals surface area contributed by atoms with Crippen molar-refractivity contribution in [2.45, 2.75) is 32.8 Å². The average Bonchev–Trinajstić information content (AvgIpc) is 2.71. The van der Waals surface area contributed by atoms with Gasteiger partial charge in [-0.15, -0.1) is 0 Å². The first kappa shape index (κ1) is 19.7. The number of anilines is 2. The molecular formula is C21H25N3O4. The number of benzene rings is 1. The molecule has 3 rings (SSSR count). The lowest BCUT2D eigenvalue weighted by molar-refractivity contribution is -0.147. The summed E-state index contributed by atoms with van der Waals surface area (Å²) in [7, 11) is 4.83. The van der Waals surface area contributed by atoms with Crippen LogP contribution in [0.4, 0.5) is 11.5 Å². The number of methoxy groups -OCH3 is 2. The molecule has 0 amide bonds. The summed E-state index contributed by atoms with van der Waals surface area (Å²) >= 11 is 0. The molecular weight excluding hydrogens is 358 g/mol. The number of rotatable bonds is 6. The van der Waals surface area contributed by atoms with Crippen LogP contribution in [0.5, 0.6) is 11.5 Å². The molecule has 1 aromatic carbocycles. The third kappa shape index (κ3) is 3.93. The van der Waals surface area contributed by atoms with Crippen LogP contribution in [-0.2, 0) is 9.53 Å². The Morgan fingerprint density at radius 2 is 1.89 bits per heavy atom. The van der Waals surface area contributed by atoms with Crippen molar-refractivity contribution >= 4 is 29.6 Å². The monoisotopic (exact) mass is 383 g/mol. The highest BCUT2D eigenvalue weighted by Gasteiger charge is 2.19. The topological polar surface area (TPSA) is 73.8 Å². The molecule has 0 bridgehead atoms. The van der Waals surface area contributed by atoms with Gasteiger partial charge in [-0.3, -0.25) is 0 Å². The van der Waals surface area contributed by atoms with E-state index in [1.54, 1.807) is 14.0 Å². The van der Waals surface area contributed by atoms with E-state index >= 15 is 0 Å². The highest BCUT2D eigenvalue weighted by Crippen LogP contribution is 2.33. The predicted octanol–water partition coefficient (Wildman–Crippen LogP) is 1.86. The summed E-state index contributed by atoms with van der Waals surface area (Å²) in [5.41, 5.74) is 0.854. The Hall–Kier alpha value is -3.09. The summed E-state index contributed by atoms with van der Waals surface area (Å²) in [6.45, 7) is 3.53. The number of aromatic nitrogens is 2. The predicted molar refractivity (Wildman–Crippen MR) is 107 cm³/mol. The van der Waals surface area contributed by atoms with E-state index in [1.165, 1.54) is 7.11 Å². The van der Waals surface area contributed by atoms with Crippen molar-refractivity contribution in [1.82, 2.24) is 9.97 Å². The summed E-state index contributed by atoms with van der Waals surface area (Å²) in [6, 6.07) is 5.56. The molecule has 0 aliphatic heterocycles. The number of esters is 1. The number of ether oxygens (including phenoxy) is 3. The standard InChI is InChI=1S/C21H25N3O4/c1-13(21(25)27-5)28-19-12-15(10-11-18(19)26-4)24(3)20-16-8-6-7-9-17(16)22-14(2)23-20/h8-13H,6-7H2,1-5H3. The summed E-state index contributed by atoms with van der Waals surface area (Å²) in [4.78, 5) is 22.9. The van der Waals surface area contributed by atoms with E-state index < -0.39 is 12.1 Å². The molecule has 1 atom stereocenters. The normalized spacial score (nSPS) is 13.5. The van der Waals surface area contributed by atoms with Crippen LogP contribution in [0.1, 0.15) is 25.6 Å². The maximum absolute atomic E-state index is 11.7. The molecule has 0 spiro atoms. The fraction of sp³-hybridized carbons (Fsp3) is 0.381. The van der Waals surface area contributed by atoms with Gasteiger partial charge in [-0.2, -0.15) is 0 Å². The second-order valence-electron chi connectivity index (χ2n) is 6.56. The highest BCUT2D eigenvalue weighted by atomic mass is 16.6. The van der Waals surface area contributed by atoms with Gasteiger partial charge in [-0.25, -0.2) is 14.8 Å². The van der Waals surface area contributed by atoms with Crippen molar-refractivity contribution in [3.63, 3.8) is 0 Å². The third-order valence-corrected chi connectivity index (χ3v) is 4.61. The molecule has 1 aliphatic rings. The second kappa shape index (κ2) is 8.29. The van der Waals surface area contributed by atoms with E-state index in [0.717, 1.165) is 40.7 Å². The quantitative estimate of drug-likeness (QED) is 0.705. The van der Waals surface area contributed by atoms with Crippen LogP contribution in [0, 0.1) is 6.92 Å². The summed E-state index contributed by atoms with van der Waals surface area (Å²) in [5, 5.41) is 1.99. The van der Waals surface area contributed by atoms with Crippen LogP contribution in [0.3, 0.4) is 0 Å². The zero-order chi connectivity index (χ0) is 20.3. The van der Waals surface area contributed by atoms with Gasteiger partial charge in [0.15, 0.2) is 17.6 Å². The minimum Gasteiger partial charge on any atom is -0.493 e. The number of carbonyl (C=O) groups excluding carboxylic acids is 1. The number of aryl methyl sites for hydroxylation is 1. The molecule has 0 saturated carbocycles. The fourth-order valence-corrected chi connectivity index (χ4v) is 3.14. The van der Waals surface area contributed by atoms with E-state index in [0.29, 0.717) is 11.5 Å². The first-order valence-corrected chi connectivity index (χ1v) is 9.16. The maximum atomic E-state index is 11.7. The molecule has 2 aromatic rings. The van der Waals surface area contributed by atoms with Gasteiger partial charge in [0, 0.05) is 24.0 Å². The summed E-state index contributed by atoms with van der Waals surface area (Å²) < 4.78 is 15.9. The van der Waals surface area contributed by atoms with Crippen molar-refractivity contribution in [3.05, 3.63) is 34.6 Å². The van der Waals surface area contributed by atoms with Crippen molar-refractivity contribution < 1.29 is 19.0 Å². The Morgan fingerprint density at radius 1 is 1.14 bits per heavy atom. The molecule has 7 nitrogen and oxygen atoms in total. The Kier molecular flexibility index (Phi) is 5.82. The number of carbonyl (C=O) groups is 1. The van der Waals surface area contributed by atoms with Crippen LogP contribution in [-0.4, -0.2) is 43.3 Å². The van der Waals surface area contributed by atoms with Gasteiger partial charge < -0.3 is 19.1 Å². The number of hydrogen-bond acceptors (Lipinski definition) is 7. The van der Waals surface area contributed by atoms with Crippen LogP contribution in [0.15, 0.2) is 18.2 Å². The van der Waals surface area contributed by atoms with Crippen LogP contribution >= 0.6 is 0 Å². The Bertz CT molecular complexity index is 1000. The average molecular weight is 383 g/mol. The molecule has 1 aromatic heterocycles. The second-order valence-corrected chi connectivity index (χ2v) is 6.56. The smallest absolute Gasteiger partial charge is 0.346 e.